The highest BCUT2D eigenvalue weighted by molar-refractivity contribution is 5.91. The molecule has 0 aromatic heterocycles. The Balaban J connectivity index is 1.99. The lowest BCUT2D eigenvalue weighted by Crippen LogP contribution is -2.42. The lowest BCUT2D eigenvalue weighted by Gasteiger charge is -2.23. The van der Waals surface area contributed by atoms with Crippen LogP contribution in [0.5, 0.6) is 0 Å². The number of aldehydes is 1. The third-order valence-corrected chi connectivity index (χ3v) is 3.08. The first-order valence-corrected chi connectivity index (χ1v) is 8.13. The number of ether oxygens (including phenoxy) is 5. The maximum Gasteiger partial charge on any atom is 0.509 e. The molecule has 0 aromatic carbocycles. The normalized spacial score (nSPS) is 27.7. The summed E-state index contributed by atoms with van der Waals surface area (Å²) < 4.78 is 26.2. The largest absolute Gasteiger partial charge is 0.509 e. The van der Waals surface area contributed by atoms with Crippen LogP contribution in [0.3, 0.4) is 0 Å². The highest BCUT2D eigenvalue weighted by Gasteiger charge is 2.53. The fraction of sp³-hybridized carbons (Fsp3) is 0.750. The van der Waals surface area contributed by atoms with E-state index in [0.29, 0.717) is 6.29 Å². The minimum absolute atomic E-state index is 0.142. The average molecular weight is 372 g/mol. The molecule has 146 valence electrons. The molecule has 0 aliphatic carbocycles. The van der Waals surface area contributed by atoms with E-state index < -0.39 is 48.0 Å². The van der Waals surface area contributed by atoms with Crippen LogP contribution in [0, 0.1) is 0 Å². The minimum atomic E-state index is -1.06. The first-order valence-electron chi connectivity index (χ1n) is 8.13. The summed E-state index contributed by atoms with van der Waals surface area (Å²) in [4.78, 5) is 38.9. The van der Waals surface area contributed by atoms with Crippen LogP contribution in [-0.4, -0.2) is 60.3 Å². The van der Waals surface area contributed by atoms with Gasteiger partial charge in [0.2, 0.25) is 0 Å². The molecule has 0 aromatic rings. The fourth-order valence-corrected chi connectivity index (χ4v) is 2.25. The van der Waals surface area contributed by atoms with Gasteiger partial charge in [0.05, 0.1) is 0 Å². The Bertz CT molecular complexity index is 604. The lowest BCUT2D eigenvalue weighted by atomic mass is 10.1. The van der Waals surface area contributed by atoms with E-state index in [1.165, 1.54) is 0 Å². The van der Waals surface area contributed by atoms with Crippen LogP contribution >= 0.6 is 0 Å². The predicted molar refractivity (Wildman–Crippen MR) is 87.5 cm³/mol. The number of hydrogen-bond donors (Lipinski definition) is 1. The number of rotatable bonds is 2. The topological polar surface area (TPSA) is 122 Å². The van der Waals surface area contributed by atoms with E-state index >= 15 is 0 Å². The van der Waals surface area contributed by atoms with Crippen LogP contribution in [0.1, 0.15) is 41.5 Å². The van der Waals surface area contributed by atoms with Crippen molar-refractivity contribution in [2.24, 2.45) is 4.99 Å². The summed E-state index contributed by atoms with van der Waals surface area (Å²) in [5.41, 5.74) is -1.45. The zero-order valence-corrected chi connectivity index (χ0v) is 15.6. The number of nitrogens with zero attached hydrogens (tertiary/aromatic N) is 1. The lowest BCUT2D eigenvalue weighted by molar-refractivity contribution is -0.122. The standard InChI is InChI=1S/C16H24N2O8/c1-15(2,3)25-13(20)18-12-17-11-10(23-12)9(8(7-19)22-11)24-14(21)26-16(4,5)6/h7-11H,1-6H3,(H,17,18,20)/t8-,9-,10+,11-/m1/s1. The molecule has 1 fully saturated rings. The van der Waals surface area contributed by atoms with Gasteiger partial charge < -0.3 is 28.5 Å². The van der Waals surface area contributed by atoms with Crippen molar-refractivity contribution in [3.8, 4) is 0 Å². The first kappa shape index (κ1) is 20.0. The summed E-state index contributed by atoms with van der Waals surface area (Å²) >= 11 is 0. The number of alkyl carbamates (subject to hydrolysis) is 1. The van der Waals surface area contributed by atoms with E-state index in [2.05, 4.69) is 10.3 Å². The number of hydrogen-bond acceptors (Lipinski definition) is 9. The van der Waals surface area contributed by atoms with Crippen LogP contribution in [0.15, 0.2) is 4.99 Å². The van der Waals surface area contributed by atoms with Crippen LogP contribution in [0.2, 0.25) is 0 Å². The second kappa shape index (κ2) is 7.10. The summed E-state index contributed by atoms with van der Waals surface area (Å²) in [5, 5.41) is 2.34. The van der Waals surface area contributed by atoms with E-state index in [9.17, 15) is 14.4 Å². The van der Waals surface area contributed by atoms with Gasteiger partial charge in [-0.05, 0) is 41.5 Å². The van der Waals surface area contributed by atoms with Crippen molar-refractivity contribution in [1.29, 1.82) is 0 Å². The molecule has 2 heterocycles. The fourth-order valence-electron chi connectivity index (χ4n) is 2.25. The molecule has 1 N–H and O–H groups in total. The Morgan fingerprint density at radius 1 is 1.12 bits per heavy atom. The second-order valence-corrected chi connectivity index (χ2v) is 7.82. The molecule has 2 aliphatic heterocycles. The molecule has 0 bridgehead atoms. The van der Waals surface area contributed by atoms with Crippen molar-refractivity contribution < 1.29 is 38.1 Å². The Morgan fingerprint density at radius 2 is 1.73 bits per heavy atom. The van der Waals surface area contributed by atoms with Gasteiger partial charge in [0, 0.05) is 0 Å². The van der Waals surface area contributed by atoms with Crippen molar-refractivity contribution in [1.82, 2.24) is 5.32 Å². The summed E-state index contributed by atoms with van der Waals surface area (Å²) in [6.45, 7) is 10.2. The van der Waals surface area contributed by atoms with E-state index in [4.69, 9.17) is 23.7 Å². The molecular formula is C16H24N2O8. The maximum absolute atomic E-state index is 11.9. The predicted octanol–water partition coefficient (Wildman–Crippen LogP) is 1.51. The van der Waals surface area contributed by atoms with Gasteiger partial charge in [-0.1, -0.05) is 0 Å². The molecule has 0 radical (unpaired) electrons. The molecule has 26 heavy (non-hydrogen) atoms. The number of fused-ring (bicyclic) bond motifs is 1. The first-order chi connectivity index (χ1) is 11.9. The Kier molecular flexibility index (Phi) is 5.45. The molecular weight excluding hydrogens is 348 g/mol. The molecule has 2 rings (SSSR count). The zero-order valence-electron chi connectivity index (χ0n) is 15.6. The van der Waals surface area contributed by atoms with Gasteiger partial charge in [-0.25, -0.2) is 14.9 Å². The molecule has 10 heteroatoms. The average Bonchev–Trinajstić information content (AvgIpc) is 2.93. The maximum atomic E-state index is 11.9. The Labute approximate surface area is 151 Å². The van der Waals surface area contributed by atoms with Crippen LogP contribution in [0.4, 0.5) is 9.59 Å². The molecule has 0 spiro atoms. The van der Waals surface area contributed by atoms with Crippen molar-refractivity contribution in [3.05, 3.63) is 0 Å². The molecule has 10 nitrogen and oxygen atoms in total. The number of carbonyl (C=O) groups is 3. The summed E-state index contributed by atoms with van der Waals surface area (Å²) in [5.74, 6) is 0. The molecule has 1 amide bonds. The number of aliphatic imine (C=N–C) groups is 1. The van der Waals surface area contributed by atoms with Crippen molar-refractivity contribution in [3.63, 3.8) is 0 Å². The highest BCUT2D eigenvalue weighted by atomic mass is 16.8. The van der Waals surface area contributed by atoms with Gasteiger partial charge in [-0.15, -0.1) is 0 Å². The molecule has 0 unspecified atom stereocenters. The zero-order chi connectivity index (χ0) is 19.7. The quantitative estimate of drug-likeness (QED) is 0.572. The third kappa shape index (κ3) is 5.32. The van der Waals surface area contributed by atoms with E-state index in [-0.39, 0.29) is 6.02 Å². The minimum Gasteiger partial charge on any atom is -0.453 e. The van der Waals surface area contributed by atoms with Crippen LogP contribution < -0.4 is 5.32 Å². The van der Waals surface area contributed by atoms with Gasteiger partial charge in [-0.3, -0.25) is 0 Å². The molecule has 1 saturated heterocycles. The summed E-state index contributed by atoms with van der Waals surface area (Å²) in [7, 11) is 0. The number of amides is 1. The summed E-state index contributed by atoms with van der Waals surface area (Å²) in [6.07, 6.45) is -5.13. The summed E-state index contributed by atoms with van der Waals surface area (Å²) in [6, 6.07) is -0.142. The molecule has 0 saturated carbocycles. The van der Waals surface area contributed by atoms with Gasteiger partial charge in [0.1, 0.15) is 11.2 Å². The Hall–Kier alpha value is -2.36. The van der Waals surface area contributed by atoms with Crippen LogP contribution in [0.25, 0.3) is 0 Å². The van der Waals surface area contributed by atoms with Gasteiger partial charge in [0.15, 0.2) is 30.8 Å². The van der Waals surface area contributed by atoms with Gasteiger partial charge in [-0.2, -0.15) is 4.99 Å². The molecule has 2 aliphatic rings. The number of carbonyl (C=O) groups excluding carboxylic acids is 3. The van der Waals surface area contributed by atoms with E-state index in [0.717, 1.165) is 0 Å². The van der Waals surface area contributed by atoms with Crippen molar-refractivity contribution in [2.45, 2.75) is 77.3 Å². The van der Waals surface area contributed by atoms with Gasteiger partial charge in [0.25, 0.3) is 6.02 Å². The van der Waals surface area contributed by atoms with Crippen molar-refractivity contribution >= 4 is 24.6 Å². The highest BCUT2D eigenvalue weighted by Crippen LogP contribution is 2.31. The smallest absolute Gasteiger partial charge is 0.453 e. The van der Waals surface area contributed by atoms with Crippen LogP contribution in [-0.2, 0) is 28.5 Å². The van der Waals surface area contributed by atoms with Gasteiger partial charge >= 0.3 is 12.2 Å². The van der Waals surface area contributed by atoms with E-state index in [1.54, 1.807) is 41.5 Å². The number of nitrogens with one attached hydrogen (secondary N) is 1. The van der Waals surface area contributed by atoms with Crippen molar-refractivity contribution in [2.75, 3.05) is 0 Å². The number of amidine groups is 1. The SMILES string of the molecule is CC(C)(C)OC(=O)NC1=N[C@@H]2O[C@H](C=O)[C@@H](OC(=O)OC(C)(C)C)[C@@H]2O1. The Morgan fingerprint density at radius 3 is 2.27 bits per heavy atom. The van der Waals surface area contributed by atoms with E-state index in [1.807, 2.05) is 0 Å². The second-order valence-electron chi connectivity index (χ2n) is 7.82. The molecule has 4 atom stereocenters. The monoisotopic (exact) mass is 372 g/mol. The third-order valence-electron chi connectivity index (χ3n) is 3.08.